The van der Waals surface area contributed by atoms with Gasteiger partial charge >= 0.3 is 0 Å². The summed E-state index contributed by atoms with van der Waals surface area (Å²) in [5, 5.41) is 16.2. The van der Waals surface area contributed by atoms with E-state index in [1.54, 1.807) is 30.5 Å². The van der Waals surface area contributed by atoms with Crippen molar-refractivity contribution in [2.45, 2.75) is 19.4 Å². The molecule has 1 aromatic carbocycles. The highest BCUT2D eigenvalue weighted by molar-refractivity contribution is 5.83. The number of aromatic nitrogens is 4. The van der Waals surface area contributed by atoms with Gasteiger partial charge < -0.3 is 5.73 Å². The largest absolute Gasteiger partial charge is 0.321 e. The number of hydrogen-bond acceptors (Lipinski definition) is 5. The van der Waals surface area contributed by atoms with Crippen molar-refractivity contribution in [3.8, 4) is 11.9 Å². The Hall–Kier alpha value is -2.98. The van der Waals surface area contributed by atoms with Crippen molar-refractivity contribution in [2.75, 3.05) is 0 Å². The molecule has 2 heterocycles. The summed E-state index contributed by atoms with van der Waals surface area (Å²) >= 11 is 0. The van der Waals surface area contributed by atoms with Gasteiger partial charge in [-0.25, -0.2) is 9.55 Å². The zero-order valence-electron chi connectivity index (χ0n) is 11.9. The van der Waals surface area contributed by atoms with E-state index in [0.717, 1.165) is 0 Å². The first-order valence-corrected chi connectivity index (χ1v) is 6.88. The van der Waals surface area contributed by atoms with E-state index in [4.69, 9.17) is 5.73 Å². The van der Waals surface area contributed by atoms with Gasteiger partial charge in [-0.1, -0.05) is 13.0 Å². The van der Waals surface area contributed by atoms with Crippen molar-refractivity contribution in [3.05, 3.63) is 52.2 Å². The Bertz CT molecular complexity index is 920. The number of nitrogens with two attached hydrogens (primary N) is 1. The number of para-hydroxylation sites is 1. The molecule has 7 nitrogen and oxygen atoms in total. The van der Waals surface area contributed by atoms with Gasteiger partial charge in [0.2, 0.25) is 0 Å². The number of nitriles is 1. The lowest BCUT2D eigenvalue weighted by Gasteiger charge is -2.16. The van der Waals surface area contributed by atoms with Gasteiger partial charge in [-0.05, 0) is 18.6 Å². The third-order valence-electron chi connectivity index (χ3n) is 3.54. The SMILES string of the molecule is CC[C@H](N)c1nc2c(C#N)cccc2c(=O)n1-c1ccn[nH]1. The Morgan fingerprint density at radius 1 is 1.45 bits per heavy atom. The first-order chi connectivity index (χ1) is 10.7. The molecular weight excluding hydrogens is 280 g/mol. The lowest BCUT2D eigenvalue weighted by molar-refractivity contribution is 0.618. The van der Waals surface area contributed by atoms with Crippen LogP contribution < -0.4 is 11.3 Å². The molecule has 3 rings (SSSR count). The average Bonchev–Trinajstić information content (AvgIpc) is 3.07. The molecule has 0 radical (unpaired) electrons. The van der Waals surface area contributed by atoms with E-state index in [1.807, 2.05) is 6.92 Å². The zero-order chi connectivity index (χ0) is 15.7. The van der Waals surface area contributed by atoms with Crippen LogP contribution in [0, 0.1) is 11.3 Å². The molecule has 0 aliphatic carbocycles. The summed E-state index contributed by atoms with van der Waals surface area (Å²) < 4.78 is 1.42. The van der Waals surface area contributed by atoms with Crippen LogP contribution in [0.2, 0.25) is 0 Å². The first-order valence-electron chi connectivity index (χ1n) is 6.88. The number of H-pyrrole nitrogens is 1. The fourth-order valence-corrected chi connectivity index (χ4v) is 2.35. The number of nitrogens with zero attached hydrogens (tertiary/aromatic N) is 4. The Balaban J connectivity index is 2.46. The number of aromatic amines is 1. The summed E-state index contributed by atoms with van der Waals surface area (Å²) in [6.07, 6.45) is 2.17. The summed E-state index contributed by atoms with van der Waals surface area (Å²) in [6.45, 7) is 1.91. The van der Waals surface area contributed by atoms with Crippen molar-refractivity contribution in [2.24, 2.45) is 5.73 Å². The molecular formula is C15H14N6O. The highest BCUT2D eigenvalue weighted by Crippen LogP contribution is 2.19. The molecule has 0 aliphatic heterocycles. The van der Waals surface area contributed by atoms with Gasteiger partial charge in [-0.2, -0.15) is 10.4 Å². The Morgan fingerprint density at radius 3 is 2.91 bits per heavy atom. The second-order valence-electron chi connectivity index (χ2n) is 4.88. The van der Waals surface area contributed by atoms with E-state index in [1.165, 1.54) is 4.57 Å². The maximum atomic E-state index is 12.8. The third-order valence-corrected chi connectivity index (χ3v) is 3.54. The predicted octanol–water partition coefficient (Wildman–Crippen LogP) is 1.39. The second-order valence-corrected chi connectivity index (χ2v) is 4.88. The molecule has 0 amide bonds. The van der Waals surface area contributed by atoms with Crippen molar-refractivity contribution >= 4 is 10.9 Å². The van der Waals surface area contributed by atoms with Crippen LogP contribution in [0.25, 0.3) is 16.7 Å². The fourth-order valence-electron chi connectivity index (χ4n) is 2.35. The molecule has 0 bridgehead atoms. The van der Waals surface area contributed by atoms with Crippen LogP contribution in [0.5, 0.6) is 0 Å². The van der Waals surface area contributed by atoms with Crippen molar-refractivity contribution in [1.29, 1.82) is 5.26 Å². The minimum Gasteiger partial charge on any atom is -0.321 e. The van der Waals surface area contributed by atoms with E-state index >= 15 is 0 Å². The molecule has 0 saturated carbocycles. The maximum Gasteiger partial charge on any atom is 0.267 e. The van der Waals surface area contributed by atoms with Crippen LogP contribution in [-0.4, -0.2) is 19.7 Å². The molecule has 3 N–H and O–H groups in total. The standard InChI is InChI=1S/C15H14N6O/c1-2-11(17)14-19-13-9(8-16)4-3-5-10(13)15(22)21(14)12-6-7-18-20-12/h3-7,11H,2,17H2,1H3,(H,18,20)/t11-/m0/s1. The Kier molecular flexibility index (Phi) is 3.45. The van der Waals surface area contributed by atoms with E-state index in [-0.39, 0.29) is 5.56 Å². The average molecular weight is 294 g/mol. The number of benzene rings is 1. The second kappa shape index (κ2) is 5.42. The molecule has 0 saturated heterocycles. The Labute approximate surface area is 126 Å². The van der Waals surface area contributed by atoms with E-state index in [9.17, 15) is 10.1 Å². The molecule has 110 valence electrons. The predicted molar refractivity (Wildman–Crippen MR) is 81.4 cm³/mol. The van der Waals surface area contributed by atoms with Crippen LogP contribution in [0.1, 0.15) is 30.8 Å². The van der Waals surface area contributed by atoms with Gasteiger partial charge in [0.05, 0.1) is 28.7 Å². The molecule has 0 unspecified atom stereocenters. The van der Waals surface area contributed by atoms with Gasteiger partial charge in [0.1, 0.15) is 17.7 Å². The van der Waals surface area contributed by atoms with Crippen molar-refractivity contribution in [3.63, 3.8) is 0 Å². The third kappa shape index (κ3) is 2.06. The molecule has 0 aliphatic rings. The molecule has 7 heteroatoms. The van der Waals surface area contributed by atoms with Crippen LogP contribution in [0.3, 0.4) is 0 Å². The summed E-state index contributed by atoms with van der Waals surface area (Å²) in [7, 11) is 0. The van der Waals surface area contributed by atoms with Crippen molar-refractivity contribution < 1.29 is 0 Å². The topological polar surface area (TPSA) is 113 Å². The number of fused-ring (bicyclic) bond motifs is 1. The van der Waals surface area contributed by atoms with Gasteiger partial charge in [-0.3, -0.25) is 9.89 Å². The summed E-state index contributed by atoms with van der Waals surface area (Å²) in [4.78, 5) is 17.3. The zero-order valence-corrected chi connectivity index (χ0v) is 11.9. The van der Waals surface area contributed by atoms with E-state index in [2.05, 4.69) is 21.3 Å². The van der Waals surface area contributed by atoms with Crippen LogP contribution in [-0.2, 0) is 0 Å². The van der Waals surface area contributed by atoms with Gasteiger partial charge in [-0.15, -0.1) is 0 Å². The fraction of sp³-hybridized carbons (Fsp3) is 0.200. The lowest BCUT2D eigenvalue weighted by Crippen LogP contribution is -2.28. The molecule has 2 aromatic heterocycles. The van der Waals surface area contributed by atoms with Gasteiger partial charge in [0.25, 0.3) is 5.56 Å². The van der Waals surface area contributed by atoms with Gasteiger partial charge in [0.15, 0.2) is 0 Å². The normalized spacial score (nSPS) is 12.2. The smallest absolute Gasteiger partial charge is 0.267 e. The molecule has 3 aromatic rings. The molecule has 0 fully saturated rings. The quantitative estimate of drug-likeness (QED) is 0.757. The molecule has 22 heavy (non-hydrogen) atoms. The minimum atomic E-state index is -0.424. The highest BCUT2D eigenvalue weighted by atomic mass is 16.1. The number of nitrogens with one attached hydrogen (secondary N) is 1. The van der Waals surface area contributed by atoms with Crippen molar-refractivity contribution in [1.82, 2.24) is 19.7 Å². The summed E-state index contributed by atoms with van der Waals surface area (Å²) in [5.41, 5.74) is 6.58. The first kappa shape index (κ1) is 14.0. The minimum absolute atomic E-state index is 0.273. The van der Waals surface area contributed by atoms with Crippen LogP contribution in [0.4, 0.5) is 0 Å². The van der Waals surface area contributed by atoms with Crippen LogP contribution >= 0.6 is 0 Å². The maximum absolute atomic E-state index is 12.8. The van der Waals surface area contributed by atoms with Gasteiger partial charge in [0, 0.05) is 6.07 Å². The summed E-state index contributed by atoms with van der Waals surface area (Å²) in [6, 6.07) is 8.27. The monoisotopic (exact) mass is 294 g/mol. The molecule has 0 spiro atoms. The Morgan fingerprint density at radius 2 is 2.27 bits per heavy atom. The summed E-state index contributed by atoms with van der Waals surface area (Å²) in [5.74, 6) is 0.910. The number of hydrogen-bond donors (Lipinski definition) is 2. The molecule has 1 atom stereocenters. The van der Waals surface area contributed by atoms with Crippen LogP contribution in [0.15, 0.2) is 35.3 Å². The van der Waals surface area contributed by atoms with E-state index < -0.39 is 6.04 Å². The highest BCUT2D eigenvalue weighted by Gasteiger charge is 2.19. The van der Waals surface area contributed by atoms with E-state index in [0.29, 0.717) is 34.5 Å². The lowest BCUT2D eigenvalue weighted by atomic mass is 10.1. The number of rotatable bonds is 3.